The Kier molecular flexibility index (Phi) is 3.15. The maximum atomic E-state index is 10.8. The van der Waals surface area contributed by atoms with Crippen molar-refractivity contribution in [3.63, 3.8) is 0 Å². The van der Waals surface area contributed by atoms with Gasteiger partial charge in [-0.25, -0.2) is 0 Å². The van der Waals surface area contributed by atoms with Crippen LogP contribution < -0.4 is 0 Å². The van der Waals surface area contributed by atoms with E-state index in [9.17, 15) is 4.79 Å². The number of hydrogen-bond acceptors (Lipinski definition) is 3. The van der Waals surface area contributed by atoms with Crippen molar-refractivity contribution < 1.29 is 14.3 Å². The van der Waals surface area contributed by atoms with E-state index in [0.29, 0.717) is 5.76 Å². The van der Waals surface area contributed by atoms with Crippen LogP contribution in [0.5, 0.6) is 0 Å². The van der Waals surface area contributed by atoms with E-state index in [2.05, 4.69) is 0 Å². The van der Waals surface area contributed by atoms with Gasteiger partial charge in [-0.05, 0) is 37.3 Å². The van der Waals surface area contributed by atoms with Crippen LogP contribution in [0.2, 0.25) is 0 Å². The van der Waals surface area contributed by atoms with E-state index in [1.165, 1.54) is 11.8 Å². The normalized spacial score (nSPS) is 11.0. The van der Waals surface area contributed by atoms with E-state index in [1.807, 2.05) is 32.2 Å². The molecule has 0 amide bonds. The van der Waals surface area contributed by atoms with Crippen LogP contribution in [0.3, 0.4) is 0 Å². The molecule has 0 radical (unpaired) electrons. The maximum absolute atomic E-state index is 10.8. The zero-order valence-electron chi connectivity index (χ0n) is 10.0. The molecule has 0 aliphatic heterocycles. The topological polar surface area (TPSA) is 50.4 Å². The molecule has 2 rings (SSSR count). The lowest BCUT2D eigenvalue weighted by Crippen LogP contribution is -1.99. The Morgan fingerprint density at radius 3 is 2.71 bits per heavy atom. The van der Waals surface area contributed by atoms with Crippen LogP contribution in [0.4, 0.5) is 0 Å². The highest BCUT2D eigenvalue weighted by atomic mass is 32.2. The van der Waals surface area contributed by atoms with E-state index in [-0.39, 0.29) is 6.42 Å². The van der Waals surface area contributed by atoms with Gasteiger partial charge in [-0.15, -0.1) is 11.8 Å². The van der Waals surface area contributed by atoms with Crippen LogP contribution in [0, 0.1) is 13.8 Å². The van der Waals surface area contributed by atoms with E-state index >= 15 is 0 Å². The predicted octanol–water partition coefficient (Wildman–Crippen LogP) is 3.40. The highest BCUT2D eigenvalue weighted by Crippen LogP contribution is 2.35. The number of rotatable bonds is 3. The molecule has 0 unspecified atom stereocenters. The summed E-state index contributed by atoms with van der Waals surface area (Å²) in [5, 5.41) is 9.88. The number of aryl methyl sites for hydroxylation is 2. The van der Waals surface area contributed by atoms with E-state index < -0.39 is 5.97 Å². The van der Waals surface area contributed by atoms with Gasteiger partial charge in [0.05, 0.1) is 4.90 Å². The summed E-state index contributed by atoms with van der Waals surface area (Å²) in [5.41, 5.74) is 3.04. The Morgan fingerprint density at radius 1 is 1.41 bits per heavy atom. The van der Waals surface area contributed by atoms with Crippen LogP contribution in [0.15, 0.2) is 21.4 Å². The van der Waals surface area contributed by atoms with Crippen LogP contribution >= 0.6 is 11.8 Å². The van der Waals surface area contributed by atoms with Gasteiger partial charge in [-0.3, -0.25) is 4.79 Å². The second-order valence-corrected chi connectivity index (χ2v) is 4.83. The minimum Gasteiger partial charge on any atom is -0.481 e. The molecule has 3 nitrogen and oxygen atoms in total. The summed E-state index contributed by atoms with van der Waals surface area (Å²) in [5.74, 6) is -0.317. The Labute approximate surface area is 104 Å². The fourth-order valence-electron chi connectivity index (χ4n) is 1.90. The van der Waals surface area contributed by atoms with Crippen molar-refractivity contribution in [2.75, 3.05) is 6.26 Å². The summed E-state index contributed by atoms with van der Waals surface area (Å²) in [7, 11) is 0. The van der Waals surface area contributed by atoms with Gasteiger partial charge in [0.25, 0.3) is 0 Å². The number of fused-ring (bicyclic) bond motifs is 1. The molecule has 0 saturated heterocycles. The minimum absolute atomic E-state index is 0.0661. The summed E-state index contributed by atoms with van der Waals surface area (Å²) < 4.78 is 5.71. The number of furan rings is 1. The van der Waals surface area contributed by atoms with Crippen molar-refractivity contribution in [3.8, 4) is 0 Å². The van der Waals surface area contributed by atoms with Gasteiger partial charge >= 0.3 is 5.97 Å². The Morgan fingerprint density at radius 2 is 2.12 bits per heavy atom. The smallest absolute Gasteiger partial charge is 0.311 e. The van der Waals surface area contributed by atoms with Crippen molar-refractivity contribution in [3.05, 3.63) is 29.0 Å². The third kappa shape index (κ3) is 2.05. The van der Waals surface area contributed by atoms with Crippen molar-refractivity contribution in [2.45, 2.75) is 25.2 Å². The lowest BCUT2D eigenvalue weighted by atomic mass is 10.1. The van der Waals surface area contributed by atoms with E-state index in [1.54, 1.807) is 0 Å². The average molecular weight is 250 g/mol. The maximum Gasteiger partial charge on any atom is 0.311 e. The van der Waals surface area contributed by atoms with Gasteiger partial charge in [-0.2, -0.15) is 0 Å². The first-order valence-electron chi connectivity index (χ1n) is 5.32. The first-order chi connectivity index (χ1) is 8.04. The molecule has 17 heavy (non-hydrogen) atoms. The van der Waals surface area contributed by atoms with Crippen molar-refractivity contribution in [1.29, 1.82) is 0 Å². The van der Waals surface area contributed by atoms with Crippen molar-refractivity contribution in [1.82, 2.24) is 0 Å². The number of thioether (sulfide) groups is 1. The molecule has 0 spiro atoms. The molecule has 0 atom stereocenters. The quantitative estimate of drug-likeness (QED) is 0.848. The third-order valence-electron chi connectivity index (χ3n) is 2.92. The van der Waals surface area contributed by atoms with Gasteiger partial charge in [0.15, 0.2) is 0 Å². The lowest BCUT2D eigenvalue weighted by Gasteiger charge is -1.99. The number of benzene rings is 1. The van der Waals surface area contributed by atoms with Gasteiger partial charge in [-0.1, -0.05) is 6.07 Å². The molecule has 1 N–H and O–H groups in total. The summed E-state index contributed by atoms with van der Waals surface area (Å²) in [4.78, 5) is 11.7. The highest BCUT2D eigenvalue weighted by Gasteiger charge is 2.17. The average Bonchev–Trinajstić information content (AvgIpc) is 2.61. The van der Waals surface area contributed by atoms with Gasteiger partial charge in [0.2, 0.25) is 0 Å². The zero-order chi connectivity index (χ0) is 12.6. The molecule has 0 aliphatic rings. The second-order valence-electron chi connectivity index (χ2n) is 4.01. The van der Waals surface area contributed by atoms with Crippen LogP contribution in [-0.4, -0.2) is 17.3 Å². The first kappa shape index (κ1) is 12.0. The van der Waals surface area contributed by atoms with Crippen LogP contribution in [-0.2, 0) is 11.2 Å². The molecular formula is C13H14O3S. The Hall–Kier alpha value is -1.42. The van der Waals surface area contributed by atoms with Gasteiger partial charge in [0.1, 0.15) is 17.8 Å². The molecule has 0 fully saturated rings. The number of hydrogen-bond donors (Lipinski definition) is 1. The number of carboxylic acid groups (broad SMARTS) is 1. The van der Waals surface area contributed by atoms with Crippen molar-refractivity contribution in [2.24, 2.45) is 0 Å². The molecular weight excluding hydrogens is 236 g/mol. The largest absolute Gasteiger partial charge is 0.481 e. The Bertz CT molecular complexity index is 584. The van der Waals surface area contributed by atoms with E-state index in [0.717, 1.165) is 27.0 Å². The van der Waals surface area contributed by atoms with Crippen LogP contribution in [0.25, 0.3) is 11.0 Å². The molecule has 1 aromatic heterocycles. The van der Waals surface area contributed by atoms with Gasteiger partial charge < -0.3 is 9.52 Å². The minimum atomic E-state index is -0.867. The second kappa shape index (κ2) is 4.45. The number of carbonyl (C=O) groups is 1. The third-order valence-corrected chi connectivity index (χ3v) is 3.77. The highest BCUT2D eigenvalue weighted by molar-refractivity contribution is 7.98. The molecule has 0 aliphatic carbocycles. The summed E-state index contributed by atoms with van der Waals surface area (Å²) in [6.07, 6.45) is 1.87. The molecule has 2 aromatic rings. The molecule has 90 valence electrons. The SMILES string of the molecule is CSc1c(CC(=O)O)oc2c(C)c(C)ccc12. The lowest BCUT2D eigenvalue weighted by molar-refractivity contribution is -0.136. The molecule has 0 saturated carbocycles. The van der Waals surface area contributed by atoms with Crippen molar-refractivity contribution >= 4 is 28.7 Å². The number of carboxylic acids is 1. The monoisotopic (exact) mass is 250 g/mol. The zero-order valence-corrected chi connectivity index (χ0v) is 10.9. The molecule has 1 heterocycles. The summed E-state index contributed by atoms with van der Waals surface area (Å²) >= 11 is 1.53. The fourth-order valence-corrected chi connectivity index (χ4v) is 2.62. The van der Waals surface area contributed by atoms with Gasteiger partial charge in [0, 0.05) is 5.39 Å². The fraction of sp³-hybridized carbons (Fsp3) is 0.308. The molecule has 0 bridgehead atoms. The molecule has 1 aromatic carbocycles. The summed E-state index contributed by atoms with van der Waals surface area (Å²) in [6, 6.07) is 4.04. The Balaban J connectivity index is 2.70. The predicted molar refractivity (Wildman–Crippen MR) is 68.8 cm³/mol. The first-order valence-corrected chi connectivity index (χ1v) is 6.54. The summed E-state index contributed by atoms with van der Waals surface area (Å²) in [6.45, 7) is 4.02. The standard InChI is InChI=1S/C13H14O3S/c1-7-4-5-9-12(8(7)2)16-10(6-11(14)15)13(9)17-3/h4-5H,6H2,1-3H3,(H,14,15). The van der Waals surface area contributed by atoms with Crippen LogP contribution in [0.1, 0.15) is 16.9 Å². The number of aliphatic carboxylic acids is 1. The molecule has 4 heteroatoms. The van der Waals surface area contributed by atoms with E-state index in [4.69, 9.17) is 9.52 Å².